The molecule has 1 aliphatic heterocycles. The zero-order valence-electron chi connectivity index (χ0n) is 17.3. The van der Waals surface area contributed by atoms with Gasteiger partial charge in [0.2, 0.25) is 11.8 Å². The number of carbonyl (C=O) groups excluding carboxylic acids is 2. The molecule has 1 saturated heterocycles. The van der Waals surface area contributed by atoms with Gasteiger partial charge in [0, 0.05) is 53.5 Å². The van der Waals surface area contributed by atoms with Crippen LogP contribution in [0, 0.1) is 12.7 Å². The Labute approximate surface area is 185 Å². The predicted molar refractivity (Wildman–Crippen MR) is 120 cm³/mol. The maximum absolute atomic E-state index is 13.6. The van der Waals surface area contributed by atoms with Crippen LogP contribution in [0.25, 0.3) is 10.9 Å². The van der Waals surface area contributed by atoms with E-state index in [-0.39, 0.29) is 30.6 Å². The minimum atomic E-state index is -0.347. The summed E-state index contributed by atoms with van der Waals surface area (Å²) in [4.78, 5) is 32.1. The molecule has 0 atom stereocenters. The lowest BCUT2D eigenvalue weighted by Crippen LogP contribution is -2.51. The normalized spacial score (nSPS) is 14.2. The summed E-state index contributed by atoms with van der Waals surface area (Å²) in [6.45, 7) is 4.39. The molecular formula is C23H24ClFN4O2. The number of amides is 2. The number of H-pyrrole nitrogens is 1. The molecule has 4 rings (SSSR count). The average molecular weight is 443 g/mol. The number of aryl methyl sites for hydroxylation is 1. The van der Waals surface area contributed by atoms with Crippen molar-refractivity contribution < 1.29 is 14.0 Å². The number of nitrogens with one attached hydrogen (secondary N) is 2. The largest absolute Gasteiger partial charge is 0.368 e. The van der Waals surface area contributed by atoms with Crippen molar-refractivity contribution in [2.45, 2.75) is 13.3 Å². The molecule has 2 amide bonds. The van der Waals surface area contributed by atoms with E-state index in [9.17, 15) is 14.0 Å². The van der Waals surface area contributed by atoms with Crippen LogP contribution in [-0.2, 0) is 16.0 Å². The third-order valence-electron chi connectivity index (χ3n) is 5.66. The quantitative estimate of drug-likeness (QED) is 0.637. The van der Waals surface area contributed by atoms with Gasteiger partial charge >= 0.3 is 0 Å². The topological polar surface area (TPSA) is 68.4 Å². The molecule has 0 radical (unpaired) electrons. The molecule has 1 fully saturated rings. The molecule has 6 nitrogen and oxygen atoms in total. The Morgan fingerprint density at radius 2 is 1.90 bits per heavy atom. The number of piperazine rings is 1. The number of aromatic amines is 1. The fraction of sp³-hybridized carbons (Fsp3) is 0.304. The molecular weight excluding hydrogens is 419 g/mol. The van der Waals surface area contributed by atoms with E-state index >= 15 is 0 Å². The second kappa shape index (κ2) is 8.98. The fourth-order valence-electron chi connectivity index (χ4n) is 3.98. The average Bonchev–Trinajstić information content (AvgIpc) is 3.06. The first-order valence-electron chi connectivity index (χ1n) is 10.2. The van der Waals surface area contributed by atoms with E-state index in [0.717, 1.165) is 22.5 Å². The molecule has 2 N–H and O–H groups in total. The summed E-state index contributed by atoms with van der Waals surface area (Å²) in [5, 5.41) is 4.08. The molecule has 162 valence electrons. The van der Waals surface area contributed by atoms with Gasteiger partial charge in [-0.25, -0.2) is 4.39 Å². The number of hydrogen-bond acceptors (Lipinski definition) is 3. The summed E-state index contributed by atoms with van der Waals surface area (Å²) in [5.74, 6) is -0.722. The summed E-state index contributed by atoms with van der Waals surface area (Å²) in [7, 11) is 0. The van der Waals surface area contributed by atoms with Crippen LogP contribution in [-0.4, -0.2) is 54.4 Å². The molecule has 0 unspecified atom stereocenters. The molecule has 31 heavy (non-hydrogen) atoms. The molecule has 1 aromatic heterocycles. The third-order valence-corrected chi connectivity index (χ3v) is 5.90. The van der Waals surface area contributed by atoms with Crippen molar-refractivity contribution in [2.75, 3.05) is 37.6 Å². The molecule has 1 aliphatic rings. The van der Waals surface area contributed by atoms with E-state index in [4.69, 9.17) is 11.6 Å². The van der Waals surface area contributed by atoms with Gasteiger partial charge in [-0.2, -0.15) is 0 Å². The van der Waals surface area contributed by atoms with Crippen LogP contribution in [0.2, 0.25) is 5.02 Å². The highest BCUT2D eigenvalue weighted by molar-refractivity contribution is 6.30. The Hall–Kier alpha value is -3.06. The van der Waals surface area contributed by atoms with E-state index in [1.807, 2.05) is 31.2 Å². The molecule has 0 saturated carbocycles. The van der Waals surface area contributed by atoms with Crippen LogP contribution in [0.4, 0.5) is 10.1 Å². The van der Waals surface area contributed by atoms with E-state index in [1.54, 1.807) is 11.0 Å². The van der Waals surface area contributed by atoms with Crippen LogP contribution < -0.4 is 10.2 Å². The van der Waals surface area contributed by atoms with Gasteiger partial charge in [0.15, 0.2) is 0 Å². The second-order valence-corrected chi connectivity index (χ2v) is 8.16. The number of halogens is 2. The van der Waals surface area contributed by atoms with Gasteiger partial charge < -0.3 is 20.1 Å². The number of nitrogens with zero attached hydrogens (tertiary/aromatic N) is 2. The van der Waals surface area contributed by atoms with Gasteiger partial charge in [-0.15, -0.1) is 0 Å². The van der Waals surface area contributed by atoms with Crippen molar-refractivity contribution in [3.05, 3.63) is 64.6 Å². The minimum absolute atomic E-state index is 0.0498. The van der Waals surface area contributed by atoms with Crippen molar-refractivity contribution in [3.63, 3.8) is 0 Å². The van der Waals surface area contributed by atoms with Crippen molar-refractivity contribution >= 4 is 40.0 Å². The Morgan fingerprint density at radius 3 is 2.65 bits per heavy atom. The van der Waals surface area contributed by atoms with Crippen molar-refractivity contribution in [3.8, 4) is 0 Å². The lowest BCUT2D eigenvalue weighted by Gasteiger charge is -2.36. The predicted octanol–water partition coefficient (Wildman–Crippen LogP) is 3.28. The summed E-state index contributed by atoms with van der Waals surface area (Å²) >= 11 is 6.06. The lowest BCUT2D eigenvalue weighted by atomic mass is 10.1. The Kier molecular flexibility index (Phi) is 6.13. The van der Waals surface area contributed by atoms with Crippen molar-refractivity contribution in [2.24, 2.45) is 0 Å². The van der Waals surface area contributed by atoms with Gasteiger partial charge in [0.25, 0.3) is 0 Å². The first-order chi connectivity index (χ1) is 14.9. The third kappa shape index (κ3) is 4.82. The minimum Gasteiger partial charge on any atom is -0.368 e. The number of aromatic nitrogens is 1. The van der Waals surface area contributed by atoms with E-state index in [2.05, 4.69) is 15.2 Å². The first-order valence-corrected chi connectivity index (χ1v) is 10.6. The zero-order chi connectivity index (χ0) is 22.0. The molecule has 3 aromatic rings. The van der Waals surface area contributed by atoms with Crippen LogP contribution in [0.1, 0.15) is 11.3 Å². The van der Waals surface area contributed by atoms with Gasteiger partial charge in [-0.1, -0.05) is 17.7 Å². The summed E-state index contributed by atoms with van der Waals surface area (Å²) in [6, 6.07) is 12.1. The van der Waals surface area contributed by atoms with E-state index < -0.39 is 0 Å². The van der Waals surface area contributed by atoms with Crippen LogP contribution in [0.3, 0.4) is 0 Å². The fourth-order valence-corrected chi connectivity index (χ4v) is 4.16. The van der Waals surface area contributed by atoms with Crippen molar-refractivity contribution in [1.82, 2.24) is 15.2 Å². The SMILES string of the molecule is Cc1[nH]c2ccc(F)cc2c1CC(=O)NCC(=O)N1CCN(c2cccc(Cl)c2)CC1. The number of carbonyl (C=O) groups is 2. The first kappa shape index (κ1) is 21.2. The highest BCUT2D eigenvalue weighted by Crippen LogP contribution is 2.24. The molecule has 0 spiro atoms. The Bertz CT molecular complexity index is 1120. The molecule has 2 aromatic carbocycles. The summed E-state index contributed by atoms with van der Waals surface area (Å²) in [6.07, 6.45) is 0.0884. The smallest absolute Gasteiger partial charge is 0.242 e. The summed E-state index contributed by atoms with van der Waals surface area (Å²) in [5.41, 5.74) is 3.39. The number of rotatable bonds is 5. The number of anilines is 1. The zero-order valence-corrected chi connectivity index (χ0v) is 18.0. The highest BCUT2D eigenvalue weighted by atomic mass is 35.5. The van der Waals surface area contributed by atoms with Gasteiger partial charge in [0.05, 0.1) is 13.0 Å². The number of hydrogen-bond donors (Lipinski definition) is 2. The van der Waals surface area contributed by atoms with E-state index in [1.165, 1.54) is 12.1 Å². The lowest BCUT2D eigenvalue weighted by molar-refractivity contribution is -0.133. The second-order valence-electron chi connectivity index (χ2n) is 7.72. The molecule has 0 aliphatic carbocycles. The van der Waals surface area contributed by atoms with Crippen LogP contribution >= 0.6 is 11.6 Å². The monoisotopic (exact) mass is 442 g/mol. The van der Waals surface area contributed by atoms with Crippen LogP contribution in [0.15, 0.2) is 42.5 Å². The van der Waals surface area contributed by atoms with E-state index in [0.29, 0.717) is 36.6 Å². The number of fused-ring (bicyclic) bond motifs is 1. The maximum Gasteiger partial charge on any atom is 0.242 e. The van der Waals surface area contributed by atoms with Gasteiger partial charge in [-0.3, -0.25) is 9.59 Å². The standard InChI is InChI=1S/C23H24ClFN4O2/c1-15-19(20-12-17(25)5-6-21(20)27-15)13-22(30)26-14-23(31)29-9-7-28(8-10-29)18-4-2-3-16(24)11-18/h2-6,11-12,27H,7-10,13-14H2,1H3,(H,26,30). The van der Waals surface area contributed by atoms with Crippen molar-refractivity contribution in [1.29, 1.82) is 0 Å². The summed E-state index contributed by atoms with van der Waals surface area (Å²) < 4.78 is 13.6. The maximum atomic E-state index is 13.6. The highest BCUT2D eigenvalue weighted by Gasteiger charge is 2.22. The Morgan fingerprint density at radius 1 is 1.13 bits per heavy atom. The molecule has 0 bridgehead atoms. The van der Waals surface area contributed by atoms with Gasteiger partial charge in [0.1, 0.15) is 5.82 Å². The van der Waals surface area contributed by atoms with Gasteiger partial charge in [-0.05, 0) is 48.9 Å². The number of benzene rings is 2. The molecule has 2 heterocycles. The Balaban J connectivity index is 1.29. The van der Waals surface area contributed by atoms with Crippen LogP contribution in [0.5, 0.6) is 0 Å². The molecule has 8 heteroatoms.